The van der Waals surface area contributed by atoms with Gasteiger partial charge in [0.2, 0.25) is 0 Å². The van der Waals surface area contributed by atoms with E-state index in [9.17, 15) is 9.13 Å². The average molecular weight is 342 g/mol. The van der Waals surface area contributed by atoms with Crippen LogP contribution < -0.4 is 9.05 Å². The summed E-state index contributed by atoms with van der Waals surface area (Å²) in [6.07, 6.45) is 0. The van der Waals surface area contributed by atoms with Gasteiger partial charge in [-0.1, -0.05) is 36.4 Å². The summed E-state index contributed by atoms with van der Waals surface area (Å²) >= 11 is 0. The molecule has 0 heterocycles. The highest BCUT2D eigenvalue weighted by atomic mass is 31.2. The van der Waals surface area contributed by atoms with E-state index in [0.29, 0.717) is 11.5 Å². The molecule has 0 spiro atoms. The van der Waals surface area contributed by atoms with Crippen molar-refractivity contribution in [1.82, 2.24) is 0 Å². The van der Waals surface area contributed by atoms with Crippen molar-refractivity contribution < 1.29 is 27.5 Å². The molecule has 0 aliphatic carbocycles. The van der Waals surface area contributed by atoms with E-state index in [2.05, 4.69) is 0 Å². The monoisotopic (exact) mass is 342 g/mol. The molecule has 0 aliphatic heterocycles. The van der Waals surface area contributed by atoms with E-state index in [1.165, 1.54) is 13.3 Å². The molecule has 0 saturated heterocycles. The predicted octanol–water partition coefficient (Wildman–Crippen LogP) is 4.74. The van der Waals surface area contributed by atoms with Gasteiger partial charge in [0.15, 0.2) is 0 Å². The quantitative estimate of drug-likeness (QED) is 0.411. The molecule has 2 rings (SSSR count). The van der Waals surface area contributed by atoms with Crippen molar-refractivity contribution in [3.05, 3.63) is 60.7 Å². The lowest BCUT2D eigenvalue weighted by atomic mass is 10.3. The molecule has 6 nitrogen and oxygen atoms in total. The fourth-order valence-corrected chi connectivity index (χ4v) is 3.54. The highest BCUT2D eigenvalue weighted by molar-refractivity contribution is 7.55. The summed E-state index contributed by atoms with van der Waals surface area (Å²) in [5, 5.41) is 0. The maximum Gasteiger partial charge on any atom is 0.403 e. The van der Waals surface area contributed by atoms with Crippen LogP contribution in [0.1, 0.15) is 0 Å². The number of para-hydroxylation sites is 2. The largest absolute Gasteiger partial charge is 0.423 e. The van der Waals surface area contributed by atoms with Crippen LogP contribution in [0.2, 0.25) is 0 Å². The molecule has 0 N–H and O–H groups in total. The Balaban J connectivity index is 1.93. The van der Waals surface area contributed by atoms with Crippen LogP contribution in [0.5, 0.6) is 11.5 Å². The van der Waals surface area contributed by atoms with Gasteiger partial charge in [-0.3, -0.25) is 0 Å². The highest BCUT2D eigenvalue weighted by Gasteiger charge is 2.28. The van der Waals surface area contributed by atoms with Crippen molar-refractivity contribution in [3.63, 3.8) is 0 Å². The van der Waals surface area contributed by atoms with Crippen LogP contribution in [-0.4, -0.2) is 13.3 Å². The second-order valence-corrected chi connectivity index (χ2v) is 8.25. The van der Waals surface area contributed by atoms with E-state index in [1.807, 2.05) is 0 Å². The summed E-state index contributed by atoms with van der Waals surface area (Å²) in [6, 6.07) is 16.9. The van der Waals surface area contributed by atoms with Gasteiger partial charge >= 0.3 is 15.2 Å². The molecule has 2 aromatic rings. The SMILES string of the molecule is CP(=O)(OOP(C)(=O)Oc1ccccc1)Oc1ccccc1. The van der Waals surface area contributed by atoms with Crippen molar-refractivity contribution >= 4 is 15.2 Å². The van der Waals surface area contributed by atoms with Gasteiger partial charge in [-0.15, -0.1) is 9.35 Å². The fraction of sp³-hybridized carbons (Fsp3) is 0.143. The third kappa shape index (κ3) is 5.66. The first-order valence-corrected chi connectivity index (χ1v) is 10.4. The maximum atomic E-state index is 12.1. The molecule has 0 bridgehead atoms. The maximum absolute atomic E-state index is 12.1. The Bertz CT molecular complexity index is 627. The number of rotatable bonds is 7. The fourth-order valence-electron chi connectivity index (χ4n) is 1.50. The Labute approximate surface area is 129 Å². The minimum absolute atomic E-state index is 0.354. The second-order valence-electron chi connectivity index (χ2n) is 4.50. The van der Waals surface area contributed by atoms with Crippen LogP contribution in [0.15, 0.2) is 60.7 Å². The molecule has 2 atom stereocenters. The summed E-state index contributed by atoms with van der Waals surface area (Å²) in [5.74, 6) is 0.707. The summed E-state index contributed by atoms with van der Waals surface area (Å²) in [7, 11) is -7.18. The zero-order chi connectivity index (χ0) is 16.1. The smallest absolute Gasteiger partial charge is 0.403 e. The van der Waals surface area contributed by atoms with Crippen LogP contribution in [0.3, 0.4) is 0 Å². The van der Waals surface area contributed by atoms with Gasteiger partial charge in [-0.25, -0.2) is 9.13 Å². The number of hydrogen-bond acceptors (Lipinski definition) is 6. The Kier molecular flexibility index (Phi) is 5.43. The standard InChI is InChI=1S/C14H16O6P2/c1-21(15,17-13-9-5-3-6-10-13)19-20-22(2,16)18-14-11-7-4-8-12-14/h3-12H,1-2H3. The van der Waals surface area contributed by atoms with E-state index >= 15 is 0 Å². The Hall–Kier alpha value is -1.58. The third-order valence-electron chi connectivity index (χ3n) is 2.33. The van der Waals surface area contributed by atoms with Gasteiger partial charge in [-0.2, -0.15) is 0 Å². The van der Waals surface area contributed by atoms with Crippen molar-refractivity contribution in [2.45, 2.75) is 0 Å². The van der Waals surface area contributed by atoms with Crippen LogP contribution in [-0.2, 0) is 18.5 Å². The van der Waals surface area contributed by atoms with Crippen LogP contribution in [0.25, 0.3) is 0 Å². The number of hydrogen-bond donors (Lipinski definition) is 0. The van der Waals surface area contributed by atoms with Gasteiger partial charge in [0.1, 0.15) is 11.5 Å². The highest BCUT2D eigenvalue weighted by Crippen LogP contribution is 2.52. The van der Waals surface area contributed by atoms with Crippen molar-refractivity contribution in [1.29, 1.82) is 0 Å². The molecular weight excluding hydrogens is 326 g/mol. The first-order chi connectivity index (χ1) is 10.4. The van der Waals surface area contributed by atoms with E-state index in [0.717, 1.165) is 0 Å². The van der Waals surface area contributed by atoms with E-state index in [4.69, 9.17) is 18.4 Å². The average Bonchev–Trinajstić information content (AvgIpc) is 2.47. The lowest BCUT2D eigenvalue weighted by molar-refractivity contribution is -0.112. The Morgan fingerprint density at radius 1 is 0.636 bits per heavy atom. The van der Waals surface area contributed by atoms with Crippen molar-refractivity contribution in [2.24, 2.45) is 0 Å². The summed E-state index contributed by atoms with van der Waals surface area (Å²) in [4.78, 5) is 0. The molecule has 8 heteroatoms. The zero-order valence-electron chi connectivity index (χ0n) is 12.1. The molecule has 0 radical (unpaired) electrons. The normalized spacial score (nSPS) is 16.3. The van der Waals surface area contributed by atoms with Crippen molar-refractivity contribution in [3.8, 4) is 11.5 Å². The lowest BCUT2D eigenvalue weighted by Crippen LogP contribution is -2.00. The zero-order valence-corrected chi connectivity index (χ0v) is 13.9. The van der Waals surface area contributed by atoms with E-state index in [1.54, 1.807) is 60.7 Å². The molecule has 2 aromatic carbocycles. The van der Waals surface area contributed by atoms with Crippen LogP contribution >= 0.6 is 15.2 Å². The van der Waals surface area contributed by atoms with Crippen LogP contribution in [0.4, 0.5) is 0 Å². The first kappa shape index (κ1) is 16.8. The first-order valence-electron chi connectivity index (χ1n) is 6.39. The van der Waals surface area contributed by atoms with Gasteiger partial charge in [0, 0.05) is 0 Å². The summed E-state index contributed by atoms with van der Waals surface area (Å²) in [5.41, 5.74) is 0. The van der Waals surface area contributed by atoms with Crippen LogP contribution in [0, 0.1) is 0 Å². The summed E-state index contributed by atoms with van der Waals surface area (Å²) < 4.78 is 44.1. The lowest BCUT2D eigenvalue weighted by Gasteiger charge is -2.17. The molecule has 0 amide bonds. The molecule has 2 unspecified atom stereocenters. The minimum atomic E-state index is -3.59. The molecule has 118 valence electrons. The number of benzene rings is 2. The summed E-state index contributed by atoms with van der Waals surface area (Å²) in [6.45, 7) is 2.42. The molecule has 0 aliphatic rings. The van der Waals surface area contributed by atoms with E-state index in [-0.39, 0.29) is 0 Å². The predicted molar refractivity (Wildman–Crippen MR) is 83.4 cm³/mol. The van der Waals surface area contributed by atoms with Gasteiger partial charge in [-0.05, 0) is 24.3 Å². The van der Waals surface area contributed by atoms with E-state index < -0.39 is 15.2 Å². The molecule has 0 saturated carbocycles. The molecule has 0 aromatic heterocycles. The van der Waals surface area contributed by atoms with Gasteiger partial charge in [0.05, 0.1) is 13.3 Å². The van der Waals surface area contributed by atoms with Crippen molar-refractivity contribution in [2.75, 3.05) is 13.3 Å². The van der Waals surface area contributed by atoms with Gasteiger partial charge in [0.25, 0.3) is 0 Å². The Morgan fingerprint density at radius 3 is 1.27 bits per heavy atom. The molecule has 0 fully saturated rings. The third-order valence-corrected chi connectivity index (χ3v) is 4.23. The Morgan fingerprint density at radius 2 is 0.955 bits per heavy atom. The van der Waals surface area contributed by atoms with Gasteiger partial charge < -0.3 is 9.05 Å². The minimum Gasteiger partial charge on any atom is -0.423 e. The molecular formula is C14H16O6P2. The molecule has 22 heavy (non-hydrogen) atoms. The topological polar surface area (TPSA) is 71.1 Å². The second kappa shape index (κ2) is 7.12.